The van der Waals surface area contributed by atoms with Gasteiger partial charge in [0.2, 0.25) is 10.0 Å². The van der Waals surface area contributed by atoms with E-state index in [1.54, 1.807) is 6.07 Å². The van der Waals surface area contributed by atoms with Crippen LogP contribution in [0.15, 0.2) is 23.1 Å². The van der Waals surface area contributed by atoms with Crippen LogP contribution in [-0.4, -0.2) is 55.9 Å². The van der Waals surface area contributed by atoms with Gasteiger partial charge in [0.1, 0.15) is 4.90 Å². The molecule has 0 saturated carbocycles. The minimum atomic E-state index is -3.62. The Kier molecular flexibility index (Phi) is 7.17. The van der Waals surface area contributed by atoms with E-state index in [1.165, 1.54) is 16.4 Å². The lowest BCUT2D eigenvalue weighted by atomic mass is 10.1. The van der Waals surface area contributed by atoms with Gasteiger partial charge in [-0.2, -0.15) is 4.31 Å². The monoisotopic (exact) mass is 401 g/mol. The van der Waals surface area contributed by atoms with Crippen molar-refractivity contribution < 1.29 is 8.42 Å². The first-order valence-corrected chi connectivity index (χ1v) is 9.26. The molecule has 1 aromatic carbocycles. The van der Waals surface area contributed by atoms with Gasteiger partial charge in [-0.05, 0) is 32.0 Å². The average molecular weight is 403 g/mol. The summed E-state index contributed by atoms with van der Waals surface area (Å²) < 4.78 is 26.8. The largest absolute Gasteiger partial charge is 0.324 e. The van der Waals surface area contributed by atoms with E-state index < -0.39 is 10.0 Å². The number of nitrogens with two attached hydrogens (primary N) is 1. The van der Waals surface area contributed by atoms with Crippen molar-refractivity contribution in [1.29, 1.82) is 0 Å². The predicted molar refractivity (Wildman–Crippen MR) is 97.2 cm³/mol. The number of sulfonamides is 1. The lowest BCUT2D eigenvalue weighted by Crippen LogP contribution is -2.54. The molecule has 1 fully saturated rings. The van der Waals surface area contributed by atoms with Gasteiger partial charge in [-0.15, -0.1) is 12.4 Å². The van der Waals surface area contributed by atoms with Gasteiger partial charge < -0.3 is 5.73 Å². The third-order valence-corrected chi connectivity index (χ3v) is 6.09. The van der Waals surface area contributed by atoms with Gasteiger partial charge in [0.05, 0.1) is 5.02 Å². The van der Waals surface area contributed by atoms with Gasteiger partial charge in [0, 0.05) is 43.3 Å². The number of halogens is 3. The molecule has 0 atom stereocenters. The first-order chi connectivity index (χ1) is 10.1. The molecule has 2 rings (SSSR count). The van der Waals surface area contributed by atoms with Crippen LogP contribution in [0.3, 0.4) is 0 Å². The quantitative estimate of drug-likeness (QED) is 0.840. The Morgan fingerprint density at radius 1 is 1.17 bits per heavy atom. The van der Waals surface area contributed by atoms with E-state index in [0.717, 1.165) is 6.54 Å². The third kappa shape index (κ3) is 5.46. The van der Waals surface area contributed by atoms with Crippen molar-refractivity contribution in [3.8, 4) is 0 Å². The summed E-state index contributed by atoms with van der Waals surface area (Å²) >= 11 is 11.9. The number of piperazine rings is 1. The van der Waals surface area contributed by atoms with Gasteiger partial charge in [-0.25, -0.2) is 8.42 Å². The molecule has 0 amide bonds. The molecular weight excluding hydrogens is 381 g/mol. The number of rotatable bonds is 4. The van der Waals surface area contributed by atoms with E-state index in [-0.39, 0.29) is 27.9 Å². The van der Waals surface area contributed by atoms with Crippen molar-refractivity contribution in [3.05, 3.63) is 28.2 Å². The average Bonchev–Trinajstić information content (AvgIpc) is 2.40. The molecule has 0 aromatic heterocycles. The number of benzene rings is 1. The minimum absolute atomic E-state index is 0. The summed E-state index contributed by atoms with van der Waals surface area (Å²) in [5.74, 6) is 0. The normalized spacial score (nSPS) is 17.8. The summed E-state index contributed by atoms with van der Waals surface area (Å²) in [6.45, 7) is 6.79. The molecule has 132 valence electrons. The lowest BCUT2D eigenvalue weighted by Gasteiger charge is -2.37. The van der Waals surface area contributed by atoms with E-state index >= 15 is 0 Å². The van der Waals surface area contributed by atoms with Crippen LogP contribution in [0.5, 0.6) is 0 Å². The highest BCUT2D eigenvalue weighted by molar-refractivity contribution is 7.89. The second-order valence-corrected chi connectivity index (χ2v) is 8.99. The van der Waals surface area contributed by atoms with E-state index in [2.05, 4.69) is 4.90 Å². The summed E-state index contributed by atoms with van der Waals surface area (Å²) in [5, 5.41) is 0.543. The Morgan fingerprint density at radius 2 is 1.74 bits per heavy atom. The summed E-state index contributed by atoms with van der Waals surface area (Å²) in [6, 6.07) is 4.47. The summed E-state index contributed by atoms with van der Waals surface area (Å²) in [6.07, 6.45) is 0. The second-order valence-electron chi connectivity index (χ2n) is 6.24. The molecule has 2 N–H and O–H groups in total. The Morgan fingerprint density at radius 3 is 2.26 bits per heavy atom. The fourth-order valence-corrected chi connectivity index (χ4v) is 4.68. The van der Waals surface area contributed by atoms with Crippen molar-refractivity contribution in [3.63, 3.8) is 0 Å². The molecule has 0 aliphatic carbocycles. The van der Waals surface area contributed by atoms with Crippen molar-refractivity contribution in [2.24, 2.45) is 5.73 Å². The molecule has 1 aliphatic heterocycles. The van der Waals surface area contributed by atoms with Crippen molar-refractivity contribution in [2.45, 2.75) is 24.3 Å². The summed E-state index contributed by atoms with van der Waals surface area (Å²) in [5.41, 5.74) is 5.71. The fraction of sp³-hybridized carbons (Fsp3) is 0.571. The van der Waals surface area contributed by atoms with Crippen molar-refractivity contribution in [2.75, 3.05) is 32.7 Å². The Hall–Kier alpha value is -0.0800. The second kappa shape index (κ2) is 7.87. The van der Waals surface area contributed by atoms with E-state index in [1.807, 2.05) is 13.8 Å². The van der Waals surface area contributed by atoms with Gasteiger partial charge in [0.25, 0.3) is 0 Å². The lowest BCUT2D eigenvalue weighted by molar-refractivity contribution is 0.162. The smallest absolute Gasteiger partial charge is 0.244 e. The van der Waals surface area contributed by atoms with Crippen molar-refractivity contribution >= 4 is 45.6 Å². The highest BCUT2D eigenvalue weighted by Crippen LogP contribution is 2.28. The molecule has 9 heteroatoms. The number of hydrogen-bond acceptors (Lipinski definition) is 4. The molecule has 0 unspecified atom stereocenters. The first-order valence-electron chi connectivity index (χ1n) is 7.06. The van der Waals surface area contributed by atoms with Gasteiger partial charge in [-0.1, -0.05) is 23.2 Å². The summed E-state index contributed by atoms with van der Waals surface area (Å²) in [4.78, 5) is 2.24. The molecule has 1 heterocycles. The van der Waals surface area contributed by atoms with E-state index in [9.17, 15) is 8.42 Å². The van der Waals surface area contributed by atoms with E-state index in [4.69, 9.17) is 28.9 Å². The maximum absolute atomic E-state index is 12.7. The van der Waals surface area contributed by atoms with Crippen LogP contribution in [0.25, 0.3) is 0 Å². The maximum Gasteiger partial charge on any atom is 0.244 e. The Labute approximate surface area is 154 Å². The van der Waals surface area contributed by atoms with Crippen LogP contribution in [0, 0.1) is 0 Å². The van der Waals surface area contributed by atoms with Crippen LogP contribution in [0.2, 0.25) is 10.0 Å². The number of nitrogens with zero attached hydrogens (tertiary/aromatic N) is 2. The molecule has 1 saturated heterocycles. The Bertz CT molecular complexity index is 639. The minimum Gasteiger partial charge on any atom is -0.324 e. The first kappa shape index (κ1) is 21.0. The van der Waals surface area contributed by atoms with Gasteiger partial charge >= 0.3 is 0 Å². The van der Waals surface area contributed by atoms with Gasteiger partial charge in [-0.3, -0.25) is 4.90 Å². The highest BCUT2D eigenvalue weighted by Gasteiger charge is 2.31. The zero-order chi connectivity index (χ0) is 16.5. The van der Waals surface area contributed by atoms with Crippen LogP contribution in [0.4, 0.5) is 0 Å². The van der Waals surface area contributed by atoms with Crippen molar-refractivity contribution in [1.82, 2.24) is 9.21 Å². The summed E-state index contributed by atoms with van der Waals surface area (Å²) in [7, 11) is -3.62. The van der Waals surface area contributed by atoms with Gasteiger partial charge in [0.15, 0.2) is 0 Å². The molecule has 0 spiro atoms. The standard InChI is InChI=1S/C14H21Cl2N3O2S.ClH/c1-14(2,17)10-18-5-7-19(8-6-18)22(20,21)13-9-11(15)3-4-12(13)16;/h3-4,9H,5-8,10,17H2,1-2H3;1H. The molecule has 23 heavy (non-hydrogen) atoms. The fourth-order valence-electron chi connectivity index (χ4n) is 2.52. The predicted octanol–water partition coefficient (Wildman–Crippen LogP) is 2.46. The third-order valence-electron chi connectivity index (χ3n) is 3.47. The maximum atomic E-state index is 12.7. The van der Waals surface area contributed by atoms with Crippen LogP contribution < -0.4 is 5.73 Å². The Balaban J connectivity index is 0.00000264. The van der Waals surface area contributed by atoms with Crippen LogP contribution in [-0.2, 0) is 10.0 Å². The zero-order valence-corrected chi connectivity index (χ0v) is 16.3. The van der Waals surface area contributed by atoms with Crippen LogP contribution >= 0.6 is 35.6 Å². The molecule has 0 radical (unpaired) electrons. The van der Waals surface area contributed by atoms with Crippen LogP contribution in [0.1, 0.15) is 13.8 Å². The SMILES string of the molecule is CC(C)(N)CN1CCN(S(=O)(=O)c2cc(Cl)ccc2Cl)CC1.Cl. The molecule has 5 nitrogen and oxygen atoms in total. The molecule has 1 aliphatic rings. The zero-order valence-electron chi connectivity index (χ0n) is 13.1. The van der Waals surface area contributed by atoms with E-state index in [0.29, 0.717) is 31.2 Å². The highest BCUT2D eigenvalue weighted by atomic mass is 35.5. The molecular formula is C14H22Cl3N3O2S. The molecule has 1 aromatic rings. The molecule has 0 bridgehead atoms. The number of hydrogen-bond donors (Lipinski definition) is 1. The topological polar surface area (TPSA) is 66.6 Å².